The highest BCUT2D eigenvalue weighted by Gasteiger charge is 2.12. The molecule has 20 heavy (non-hydrogen) atoms. The van der Waals surface area contributed by atoms with Gasteiger partial charge >= 0.3 is 0 Å². The molecule has 0 aromatic carbocycles. The van der Waals surface area contributed by atoms with Crippen molar-refractivity contribution in [3.8, 4) is 6.19 Å². The fourth-order valence-electron chi connectivity index (χ4n) is 1.50. The third-order valence-corrected chi connectivity index (χ3v) is 3.23. The van der Waals surface area contributed by atoms with E-state index in [1.807, 2.05) is 18.5 Å². The normalized spacial score (nSPS) is 12.3. The van der Waals surface area contributed by atoms with E-state index in [4.69, 9.17) is 16.7 Å². The highest BCUT2D eigenvalue weighted by Crippen LogP contribution is 2.19. The number of hydrogen-bond acceptors (Lipinski definition) is 5. The van der Waals surface area contributed by atoms with E-state index in [1.54, 1.807) is 7.05 Å². The highest BCUT2D eigenvalue weighted by molar-refractivity contribution is 7.13. The summed E-state index contributed by atoms with van der Waals surface area (Å²) < 4.78 is 0. The molecule has 0 aliphatic rings. The van der Waals surface area contributed by atoms with Gasteiger partial charge in [0, 0.05) is 24.9 Å². The van der Waals surface area contributed by atoms with Crippen molar-refractivity contribution in [2.24, 2.45) is 21.5 Å². The van der Waals surface area contributed by atoms with E-state index in [0.717, 1.165) is 12.1 Å². The molecule has 1 aromatic heterocycles. The Morgan fingerprint density at radius 3 is 2.90 bits per heavy atom. The summed E-state index contributed by atoms with van der Waals surface area (Å²) in [4.78, 5) is 12.2. The second kappa shape index (κ2) is 7.96. The summed E-state index contributed by atoms with van der Waals surface area (Å²) in [7, 11) is 1.61. The van der Waals surface area contributed by atoms with E-state index in [-0.39, 0.29) is 12.0 Å². The van der Waals surface area contributed by atoms with Crippen LogP contribution < -0.4 is 22.1 Å². The van der Waals surface area contributed by atoms with E-state index in [2.05, 4.69) is 25.6 Å². The fourth-order valence-corrected chi connectivity index (χ4v) is 2.22. The van der Waals surface area contributed by atoms with Crippen molar-refractivity contribution in [3.05, 3.63) is 11.1 Å². The number of nitriles is 1. The molecule has 0 radical (unpaired) electrons. The molecule has 0 amide bonds. The van der Waals surface area contributed by atoms with Crippen LogP contribution in [-0.2, 0) is 6.42 Å². The fraction of sp³-hybridized carbons (Fsp3) is 0.455. The van der Waals surface area contributed by atoms with Gasteiger partial charge in [0.15, 0.2) is 12.2 Å². The number of thiazole rings is 1. The molecule has 9 heteroatoms. The molecule has 0 fully saturated rings. The molecule has 6 N–H and O–H groups in total. The molecule has 0 saturated carbocycles. The Balaban J connectivity index is 2.67. The number of nitrogens with zero attached hydrogens (tertiary/aromatic N) is 4. The number of hydrogen-bond donors (Lipinski definition) is 4. The molecule has 8 nitrogen and oxygen atoms in total. The lowest BCUT2D eigenvalue weighted by atomic mass is 10.1. The molecule has 1 rings (SSSR count). The van der Waals surface area contributed by atoms with Crippen molar-refractivity contribution in [2.75, 3.05) is 7.05 Å². The predicted molar refractivity (Wildman–Crippen MR) is 80.6 cm³/mol. The van der Waals surface area contributed by atoms with Gasteiger partial charge in [0.1, 0.15) is 0 Å². The number of aliphatic imine (C=N–C) groups is 2. The summed E-state index contributed by atoms with van der Waals surface area (Å²) >= 11 is 1.38. The molecule has 108 valence electrons. The summed E-state index contributed by atoms with van der Waals surface area (Å²) in [5.74, 6) is 0.439. The zero-order valence-electron chi connectivity index (χ0n) is 11.4. The highest BCUT2D eigenvalue weighted by atomic mass is 32.1. The molecular weight excluding hydrogens is 276 g/mol. The van der Waals surface area contributed by atoms with Gasteiger partial charge in [0.25, 0.3) is 0 Å². The van der Waals surface area contributed by atoms with Gasteiger partial charge in [-0.05, 0) is 6.42 Å². The lowest BCUT2D eigenvalue weighted by molar-refractivity contribution is 0.573. The molecule has 0 saturated heterocycles. The number of rotatable bonds is 5. The Hall–Kier alpha value is -2.34. The maximum atomic E-state index is 8.60. The molecule has 0 aliphatic carbocycles. The Labute approximate surface area is 121 Å². The van der Waals surface area contributed by atoms with Gasteiger partial charge in [-0.15, -0.1) is 11.3 Å². The predicted octanol–water partition coefficient (Wildman–Crippen LogP) is 0.0152. The second-order valence-electron chi connectivity index (χ2n) is 3.92. The van der Waals surface area contributed by atoms with Gasteiger partial charge in [0.2, 0.25) is 11.1 Å². The second-order valence-corrected chi connectivity index (χ2v) is 4.76. The first-order valence-electron chi connectivity index (χ1n) is 6.01. The smallest absolute Gasteiger partial charge is 0.212 e. The minimum Gasteiger partial charge on any atom is -0.370 e. The van der Waals surface area contributed by atoms with Crippen molar-refractivity contribution >= 4 is 28.4 Å². The van der Waals surface area contributed by atoms with Crippen LogP contribution in [0.25, 0.3) is 0 Å². The molecule has 1 unspecified atom stereocenters. The summed E-state index contributed by atoms with van der Waals surface area (Å²) in [6, 6.07) is 0.115. The number of aromatic nitrogens is 1. The molecular formula is C11H18N8S. The van der Waals surface area contributed by atoms with Crippen LogP contribution in [0.1, 0.15) is 19.0 Å². The third-order valence-electron chi connectivity index (χ3n) is 2.45. The zero-order chi connectivity index (χ0) is 15.0. The van der Waals surface area contributed by atoms with E-state index in [1.165, 1.54) is 11.3 Å². The molecule has 0 spiro atoms. The maximum Gasteiger partial charge on any atom is 0.212 e. The summed E-state index contributed by atoms with van der Waals surface area (Å²) in [5.41, 5.74) is 11.5. The van der Waals surface area contributed by atoms with Crippen LogP contribution in [0, 0.1) is 11.5 Å². The maximum absolute atomic E-state index is 8.60. The molecule has 1 aromatic rings. The zero-order valence-corrected chi connectivity index (χ0v) is 12.2. The number of guanidine groups is 2. The van der Waals surface area contributed by atoms with E-state index in [9.17, 15) is 0 Å². The van der Waals surface area contributed by atoms with E-state index in [0.29, 0.717) is 17.5 Å². The lowest BCUT2D eigenvalue weighted by Crippen LogP contribution is -2.42. The first kappa shape index (κ1) is 15.7. The molecule has 1 atom stereocenters. The SMILES string of the molecule is CCC(Cc1csc(N=C(N)N)n1)NC(=NC)NC#N. The van der Waals surface area contributed by atoms with Crippen LogP contribution >= 0.6 is 11.3 Å². The van der Waals surface area contributed by atoms with Crippen LogP contribution in [0.5, 0.6) is 0 Å². The average Bonchev–Trinajstić information content (AvgIpc) is 2.83. The molecule has 1 heterocycles. The Kier molecular flexibility index (Phi) is 6.25. The van der Waals surface area contributed by atoms with Gasteiger partial charge < -0.3 is 16.8 Å². The topological polar surface area (TPSA) is 138 Å². The van der Waals surface area contributed by atoms with Crippen molar-refractivity contribution in [2.45, 2.75) is 25.8 Å². The van der Waals surface area contributed by atoms with Gasteiger partial charge in [-0.3, -0.25) is 10.3 Å². The first-order chi connectivity index (χ1) is 9.58. The van der Waals surface area contributed by atoms with Gasteiger partial charge in [-0.2, -0.15) is 10.3 Å². The minimum absolute atomic E-state index is 0.00492. The number of nitrogens with two attached hydrogens (primary N) is 2. The third kappa shape index (κ3) is 5.11. The Morgan fingerprint density at radius 1 is 1.60 bits per heavy atom. The van der Waals surface area contributed by atoms with Crippen LogP contribution in [0.2, 0.25) is 0 Å². The monoisotopic (exact) mass is 294 g/mol. The number of nitrogens with one attached hydrogen (secondary N) is 2. The van der Waals surface area contributed by atoms with Crippen molar-refractivity contribution in [1.82, 2.24) is 15.6 Å². The van der Waals surface area contributed by atoms with E-state index < -0.39 is 0 Å². The van der Waals surface area contributed by atoms with Crippen molar-refractivity contribution in [3.63, 3.8) is 0 Å². The Bertz CT molecular complexity index is 523. The standard InChI is InChI=1S/C11H18N8S/c1-3-7(17-10(15-2)16-6-12)4-8-5-20-11(18-8)19-9(13)14/h5,7H,3-4H2,1-2H3,(H2,15,16,17)(H4,13,14,18,19). The van der Waals surface area contributed by atoms with Crippen molar-refractivity contribution in [1.29, 1.82) is 5.26 Å². The summed E-state index contributed by atoms with van der Waals surface area (Å²) in [6.07, 6.45) is 3.39. The van der Waals surface area contributed by atoms with Crippen LogP contribution in [0.4, 0.5) is 5.13 Å². The first-order valence-corrected chi connectivity index (χ1v) is 6.89. The average molecular weight is 294 g/mol. The van der Waals surface area contributed by atoms with Crippen LogP contribution in [0.3, 0.4) is 0 Å². The minimum atomic E-state index is -0.00492. The summed E-state index contributed by atoms with van der Waals surface area (Å²) in [6.45, 7) is 2.04. The van der Waals surface area contributed by atoms with Gasteiger partial charge in [-0.1, -0.05) is 6.92 Å². The molecule has 0 bridgehead atoms. The van der Waals surface area contributed by atoms with Crippen LogP contribution in [0.15, 0.2) is 15.4 Å². The van der Waals surface area contributed by atoms with Gasteiger partial charge in [-0.25, -0.2) is 4.98 Å². The van der Waals surface area contributed by atoms with Crippen molar-refractivity contribution < 1.29 is 0 Å². The van der Waals surface area contributed by atoms with Gasteiger partial charge in [0.05, 0.1) is 5.69 Å². The lowest BCUT2D eigenvalue weighted by Gasteiger charge is -2.17. The van der Waals surface area contributed by atoms with E-state index >= 15 is 0 Å². The largest absolute Gasteiger partial charge is 0.370 e. The molecule has 0 aliphatic heterocycles. The van der Waals surface area contributed by atoms with Crippen LogP contribution in [-0.4, -0.2) is 30.0 Å². The summed E-state index contributed by atoms with van der Waals surface area (Å²) in [5, 5.41) is 16.7. The Morgan fingerprint density at radius 2 is 2.35 bits per heavy atom. The quantitative estimate of drug-likeness (QED) is 0.261.